The average Bonchev–Trinajstić information content (AvgIpc) is 1.35. The Morgan fingerprint density at radius 2 is 0.367 bits per heavy atom. The van der Waals surface area contributed by atoms with Crippen LogP contribution in [-0.4, -0.2) is 0 Å². The van der Waals surface area contributed by atoms with Crippen molar-refractivity contribution in [2.75, 3.05) is 9.80 Å². The second kappa shape index (κ2) is 24.9. The molecule has 0 fully saturated rings. The lowest BCUT2D eigenvalue weighted by Gasteiger charge is -2.26. The normalized spacial score (nSPS) is 11.3. The third-order valence-electron chi connectivity index (χ3n) is 17.5. The van der Waals surface area contributed by atoms with Gasteiger partial charge in [-0.1, -0.05) is 170 Å². The van der Waals surface area contributed by atoms with Crippen LogP contribution in [0.25, 0.3) is 94.7 Å². The van der Waals surface area contributed by atoms with Crippen molar-refractivity contribution in [2.45, 2.75) is 55.4 Å². The zero-order chi connectivity index (χ0) is 61.6. The molecule has 0 amide bonds. The Balaban J connectivity index is 0.783. The first-order chi connectivity index (χ1) is 43.9. The second-order valence-corrected chi connectivity index (χ2v) is 27.9. The first-order valence-corrected chi connectivity index (χ1v) is 34.0. The van der Waals surface area contributed by atoms with Gasteiger partial charge in [0.2, 0.25) is 0 Å². The quantitative estimate of drug-likeness (QED) is 0.101. The van der Waals surface area contributed by atoms with Gasteiger partial charge in [0.1, 0.15) is 0 Å². The molecule has 0 N–H and O–H groups in total. The minimum Gasteiger partial charge on any atom is -0.311 e. The van der Waals surface area contributed by atoms with Crippen LogP contribution in [0.5, 0.6) is 0 Å². The van der Waals surface area contributed by atoms with Crippen molar-refractivity contribution < 1.29 is 0 Å². The Labute approximate surface area is 546 Å². The smallest absolute Gasteiger partial charge is 0.0462 e. The number of aryl methyl sites for hydroxylation is 8. The molecule has 14 rings (SSSR count). The maximum Gasteiger partial charge on any atom is 0.0462 e. The topological polar surface area (TPSA) is 6.48 Å². The van der Waals surface area contributed by atoms with Crippen molar-refractivity contribution >= 4 is 79.5 Å². The molecule has 0 aliphatic heterocycles. The van der Waals surface area contributed by atoms with Gasteiger partial charge in [-0.15, -0.1) is 45.3 Å². The predicted octanol–water partition coefficient (Wildman–Crippen LogP) is 26.3. The highest BCUT2D eigenvalue weighted by atomic mass is 32.1. The summed E-state index contributed by atoms with van der Waals surface area (Å²) in [5, 5.41) is 0. The number of hydrogen-bond acceptors (Lipinski definition) is 6. The fraction of sp³-hybridized carbons (Fsp3) is 0.0952. The summed E-state index contributed by atoms with van der Waals surface area (Å²) in [6, 6.07) is 98.9. The fourth-order valence-corrected chi connectivity index (χ4v) is 17.6. The molecule has 4 aromatic heterocycles. The molecular weight excluding hydrogens is 1170 g/mol. The highest BCUT2D eigenvalue weighted by molar-refractivity contribution is 7.20. The highest BCUT2D eigenvalue weighted by Gasteiger charge is 2.21. The van der Waals surface area contributed by atoms with Crippen LogP contribution in [0.4, 0.5) is 34.1 Å². The van der Waals surface area contributed by atoms with E-state index in [1.807, 2.05) is 45.3 Å². The van der Waals surface area contributed by atoms with Crippen LogP contribution in [0.2, 0.25) is 0 Å². The lowest BCUT2D eigenvalue weighted by atomic mass is 10.0. The summed E-state index contributed by atoms with van der Waals surface area (Å²) in [6.45, 7) is 17.8. The molecule has 14 aromatic rings. The SMILES string of the molecule is Cc1ccccc1-c1sc(-c2ccc(N(c3ccc(-c4ccc(N(c5ccc(-c6cc(C)c(-c7ccccc7C)s6)cc5)c5ccc(-c6cc(C)c(-c7ccccc7C)s6)cc5)cc4)cc3)c3ccc(-c4cc(C)c(-c5ccccc5C)s4)cc3)cc2)cc1C. The molecule has 0 spiro atoms. The molecule has 438 valence electrons. The summed E-state index contributed by atoms with van der Waals surface area (Å²) >= 11 is 7.49. The van der Waals surface area contributed by atoms with Crippen molar-refractivity contribution in [3.63, 3.8) is 0 Å². The summed E-state index contributed by atoms with van der Waals surface area (Å²) < 4.78 is 0. The van der Waals surface area contributed by atoms with E-state index in [4.69, 9.17) is 0 Å². The third-order valence-corrected chi connectivity index (χ3v) is 22.7. The summed E-state index contributed by atoms with van der Waals surface area (Å²) in [4.78, 5) is 15.2. The second-order valence-electron chi connectivity index (χ2n) is 23.7. The van der Waals surface area contributed by atoms with Crippen LogP contribution in [0, 0.1) is 55.4 Å². The number of nitrogens with zero attached hydrogens (tertiary/aromatic N) is 2. The van der Waals surface area contributed by atoms with E-state index in [0.717, 1.165) is 45.3 Å². The van der Waals surface area contributed by atoms with E-state index in [9.17, 15) is 0 Å². The molecule has 0 bridgehead atoms. The number of rotatable bonds is 15. The number of anilines is 6. The summed E-state index contributed by atoms with van der Waals surface area (Å²) in [6.07, 6.45) is 0. The van der Waals surface area contributed by atoms with Crippen molar-refractivity contribution in [3.8, 4) is 94.7 Å². The van der Waals surface area contributed by atoms with E-state index < -0.39 is 0 Å². The standard InChI is InChI=1S/C84H68N2S4/c1-53-17-9-13-21-73(53)81-57(5)49-77(87-81)63-29-41-69(42-30-63)85(70-43-31-64(32-44-70)78-50-58(6)82(88-78)74-22-14-10-18-54(74)2)67-37-25-61(26-38-67)62-27-39-68(40-28-62)86(71-45-33-65(34-46-71)79-51-59(7)83(89-79)75-23-15-11-19-55(75)3)72-47-35-66(36-48-72)80-52-60(8)84(90-80)76-24-16-12-20-56(76)4/h9-52H,1-8H3. The molecule has 0 saturated heterocycles. The van der Waals surface area contributed by atoms with Crippen LogP contribution in [0.15, 0.2) is 267 Å². The average molecular weight is 1230 g/mol. The first-order valence-electron chi connectivity index (χ1n) is 30.8. The van der Waals surface area contributed by atoms with Crippen LogP contribution in [0.1, 0.15) is 44.5 Å². The molecule has 10 aromatic carbocycles. The fourth-order valence-electron chi connectivity index (χ4n) is 12.5. The molecule has 0 unspecified atom stereocenters. The van der Waals surface area contributed by atoms with E-state index >= 15 is 0 Å². The maximum absolute atomic E-state index is 2.39. The van der Waals surface area contributed by atoms with Crippen LogP contribution < -0.4 is 9.80 Å². The Kier molecular flexibility index (Phi) is 16.1. The zero-order valence-corrected chi connectivity index (χ0v) is 55.2. The van der Waals surface area contributed by atoms with Gasteiger partial charge in [0, 0.05) is 73.1 Å². The van der Waals surface area contributed by atoms with E-state index in [-0.39, 0.29) is 0 Å². The predicted molar refractivity (Wildman–Crippen MR) is 394 cm³/mol. The van der Waals surface area contributed by atoms with Gasteiger partial charge in [-0.25, -0.2) is 0 Å². The van der Waals surface area contributed by atoms with Gasteiger partial charge >= 0.3 is 0 Å². The first kappa shape index (κ1) is 58.3. The summed E-state index contributed by atoms with van der Waals surface area (Å²) in [5.74, 6) is 0. The van der Waals surface area contributed by atoms with Crippen molar-refractivity contribution in [1.29, 1.82) is 0 Å². The molecule has 4 heterocycles. The highest BCUT2D eigenvalue weighted by Crippen LogP contribution is 2.47. The minimum atomic E-state index is 1.09. The number of thiophene rings is 4. The monoisotopic (exact) mass is 1230 g/mol. The van der Waals surface area contributed by atoms with Crippen LogP contribution in [0.3, 0.4) is 0 Å². The molecule has 0 aliphatic carbocycles. The van der Waals surface area contributed by atoms with E-state index in [0.29, 0.717) is 0 Å². The van der Waals surface area contributed by atoms with Crippen LogP contribution in [-0.2, 0) is 0 Å². The lowest BCUT2D eigenvalue weighted by Crippen LogP contribution is -2.10. The molecule has 2 nitrogen and oxygen atoms in total. The number of benzene rings is 10. The Morgan fingerprint density at radius 1 is 0.189 bits per heavy atom. The van der Waals surface area contributed by atoms with Gasteiger partial charge in [-0.05, 0) is 253 Å². The van der Waals surface area contributed by atoms with Crippen molar-refractivity contribution in [2.24, 2.45) is 0 Å². The van der Waals surface area contributed by atoms with Gasteiger partial charge < -0.3 is 9.80 Å². The molecule has 6 heteroatoms. The Hall–Kier alpha value is -9.40. The molecule has 0 aliphatic rings. The maximum atomic E-state index is 2.39. The lowest BCUT2D eigenvalue weighted by molar-refractivity contribution is 1.28. The number of hydrogen-bond donors (Lipinski definition) is 0. The van der Waals surface area contributed by atoms with Gasteiger partial charge in [0.15, 0.2) is 0 Å². The van der Waals surface area contributed by atoms with Gasteiger partial charge in [0.25, 0.3) is 0 Å². The van der Waals surface area contributed by atoms with Crippen molar-refractivity contribution in [1.82, 2.24) is 0 Å². The minimum absolute atomic E-state index is 1.09. The summed E-state index contributed by atoms with van der Waals surface area (Å²) in [5.41, 5.74) is 29.4. The van der Waals surface area contributed by atoms with E-state index in [1.54, 1.807) is 0 Å². The van der Waals surface area contributed by atoms with Gasteiger partial charge in [-0.2, -0.15) is 0 Å². The molecule has 0 saturated carbocycles. The van der Waals surface area contributed by atoms with E-state index in [2.05, 4.69) is 332 Å². The van der Waals surface area contributed by atoms with Crippen molar-refractivity contribution in [3.05, 3.63) is 311 Å². The summed E-state index contributed by atoms with van der Waals surface area (Å²) in [7, 11) is 0. The Morgan fingerprint density at radius 3 is 0.556 bits per heavy atom. The van der Waals surface area contributed by atoms with Gasteiger partial charge in [0.05, 0.1) is 0 Å². The zero-order valence-electron chi connectivity index (χ0n) is 51.9. The largest absolute Gasteiger partial charge is 0.311 e. The van der Waals surface area contributed by atoms with E-state index in [1.165, 1.54) is 128 Å². The molecule has 0 atom stereocenters. The van der Waals surface area contributed by atoms with Crippen LogP contribution >= 0.6 is 45.3 Å². The van der Waals surface area contributed by atoms with Gasteiger partial charge in [-0.3, -0.25) is 0 Å². The molecule has 90 heavy (non-hydrogen) atoms. The third kappa shape index (κ3) is 11.5. The Bertz CT molecular complexity index is 4300. The molecular formula is C84H68N2S4. The molecule has 0 radical (unpaired) electrons.